The minimum Gasteiger partial charge on any atom is -0.337 e. The topological polar surface area (TPSA) is 32.3 Å². The van der Waals surface area contributed by atoms with E-state index in [1.165, 1.54) is 11.1 Å². The van der Waals surface area contributed by atoms with Gasteiger partial charge in [0.05, 0.1) is 5.75 Å². The molecule has 1 aliphatic heterocycles. The zero-order valence-corrected chi connectivity index (χ0v) is 12.5. The second kappa shape index (κ2) is 6.96. The van der Waals surface area contributed by atoms with Gasteiger partial charge in [-0.25, -0.2) is 0 Å². The van der Waals surface area contributed by atoms with E-state index in [4.69, 9.17) is 0 Å². The van der Waals surface area contributed by atoms with Crippen molar-refractivity contribution in [3.05, 3.63) is 35.4 Å². The first-order valence-corrected chi connectivity index (χ1v) is 7.96. The minimum atomic E-state index is 0.270. The third-order valence-corrected chi connectivity index (χ3v) is 4.43. The number of piperazine rings is 1. The molecule has 0 spiro atoms. The normalized spacial score (nSPS) is 19.5. The van der Waals surface area contributed by atoms with E-state index in [9.17, 15) is 4.79 Å². The first-order valence-electron chi connectivity index (χ1n) is 6.80. The number of hydrogen-bond acceptors (Lipinski definition) is 3. The third-order valence-electron chi connectivity index (χ3n) is 3.44. The quantitative estimate of drug-likeness (QED) is 0.915. The van der Waals surface area contributed by atoms with E-state index >= 15 is 0 Å². The Morgan fingerprint density at radius 3 is 2.84 bits per heavy atom. The Kier molecular flexibility index (Phi) is 5.28. The number of nitrogens with zero attached hydrogens (tertiary/aromatic N) is 1. The van der Waals surface area contributed by atoms with Crippen LogP contribution in [0.1, 0.15) is 18.1 Å². The van der Waals surface area contributed by atoms with Crippen LogP contribution in [0, 0.1) is 6.92 Å². The van der Waals surface area contributed by atoms with Crippen LogP contribution in [0.2, 0.25) is 0 Å². The molecule has 0 aromatic heterocycles. The fourth-order valence-electron chi connectivity index (χ4n) is 2.23. The SMILES string of the molecule is Cc1ccc(CSCC(=O)N2CCNC[C@@H]2C)cc1. The predicted molar refractivity (Wildman–Crippen MR) is 81.4 cm³/mol. The predicted octanol–water partition coefficient (Wildman–Crippen LogP) is 2.05. The van der Waals surface area contributed by atoms with Gasteiger partial charge in [-0.1, -0.05) is 29.8 Å². The van der Waals surface area contributed by atoms with Crippen LogP contribution < -0.4 is 5.32 Å². The summed E-state index contributed by atoms with van der Waals surface area (Å²) in [5.74, 6) is 1.76. The summed E-state index contributed by atoms with van der Waals surface area (Å²) >= 11 is 1.70. The molecule has 0 radical (unpaired) electrons. The molecule has 1 amide bonds. The number of thioether (sulfide) groups is 1. The summed E-state index contributed by atoms with van der Waals surface area (Å²) < 4.78 is 0. The van der Waals surface area contributed by atoms with Crippen molar-refractivity contribution >= 4 is 17.7 Å². The Morgan fingerprint density at radius 2 is 2.16 bits per heavy atom. The highest BCUT2D eigenvalue weighted by Gasteiger charge is 2.22. The lowest BCUT2D eigenvalue weighted by Gasteiger charge is -2.34. The summed E-state index contributed by atoms with van der Waals surface area (Å²) in [5, 5.41) is 3.31. The van der Waals surface area contributed by atoms with Crippen LogP contribution in [0.15, 0.2) is 24.3 Å². The van der Waals surface area contributed by atoms with Gasteiger partial charge in [-0.3, -0.25) is 4.79 Å². The van der Waals surface area contributed by atoms with Crippen LogP contribution in [0.25, 0.3) is 0 Å². The van der Waals surface area contributed by atoms with Gasteiger partial charge in [0.1, 0.15) is 0 Å². The average Bonchev–Trinajstić information content (AvgIpc) is 2.41. The lowest BCUT2D eigenvalue weighted by Crippen LogP contribution is -2.52. The molecule has 1 aromatic rings. The fourth-order valence-corrected chi connectivity index (χ4v) is 3.11. The second-order valence-corrected chi connectivity index (χ2v) is 6.10. The lowest BCUT2D eigenvalue weighted by molar-refractivity contribution is -0.131. The molecule has 0 saturated carbocycles. The molecule has 2 rings (SSSR count). The molecular formula is C15H22N2OS. The summed E-state index contributed by atoms with van der Waals surface area (Å²) in [7, 11) is 0. The molecule has 1 N–H and O–H groups in total. The summed E-state index contributed by atoms with van der Waals surface area (Å²) in [5.41, 5.74) is 2.57. The zero-order chi connectivity index (χ0) is 13.7. The molecule has 0 aliphatic carbocycles. The highest BCUT2D eigenvalue weighted by atomic mass is 32.2. The molecule has 1 saturated heterocycles. The van der Waals surface area contributed by atoms with Gasteiger partial charge in [0, 0.05) is 31.4 Å². The van der Waals surface area contributed by atoms with Crippen molar-refractivity contribution < 1.29 is 4.79 Å². The van der Waals surface area contributed by atoms with E-state index in [1.807, 2.05) is 4.90 Å². The largest absolute Gasteiger partial charge is 0.337 e. The molecule has 1 heterocycles. The second-order valence-electron chi connectivity index (χ2n) is 5.12. The zero-order valence-electron chi connectivity index (χ0n) is 11.7. The summed E-state index contributed by atoms with van der Waals surface area (Å²) in [4.78, 5) is 14.1. The molecule has 4 heteroatoms. The van der Waals surface area contributed by atoms with Crippen molar-refractivity contribution in [1.29, 1.82) is 0 Å². The maximum absolute atomic E-state index is 12.1. The van der Waals surface area contributed by atoms with E-state index in [0.717, 1.165) is 25.4 Å². The molecule has 1 fully saturated rings. The Morgan fingerprint density at radius 1 is 1.42 bits per heavy atom. The minimum absolute atomic E-state index is 0.270. The van der Waals surface area contributed by atoms with Gasteiger partial charge in [0.15, 0.2) is 0 Å². The van der Waals surface area contributed by atoms with Crippen LogP contribution in [-0.4, -0.2) is 42.2 Å². The Bertz CT molecular complexity index is 419. The van der Waals surface area contributed by atoms with E-state index in [1.54, 1.807) is 11.8 Å². The van der Waals surface area contributed by atoms with Crippen LogP contribution in [-0.2, 0) is 10.5 Å². The number of amides is 1. The van der Waals surface area contributed by atoms with Gasteiger partial charge in [0.2, 0.25) is 5.91 Å². The first-order chi connectivity index (χ1) is 9.16. The van der Waals surface area contributed by atoms with Gasteiger partial charge >= 0.3 is 0 Å². The van der Waals surface area contributed by atoms with Gasteiger partial charge in [-0.05, 0) is 19.4 Å². The maximum Gasteiger partial charge on any atom is 0.232 e. The lowest BCUT2D eigenvalue weighted by atomic mass is 10.2. The number of aryl methyl sites for hydroxylation is 1. The molecule has 1 atom stereocenters. The fraction of sp³-hybridized carbons (Fsp3) is 0.533. The molecule has 1 aliphatic rings. The van der Waals surface area contributed by atoms with Crippen molar-refractivity contribution in [3.63, 3.8) is 0 Å². The number of nitrogens with one attached hydrogen (secondary N) is 1. The standard InChI is InChI=1S/C15H22N2OS/c1-12-3-5-14(6-4-12)10-19-11-15(18)17-8-7-16-9-13(17)2/h3-6,13,16H,7-11H2,1-2H3/t13-/m0/s1. The number of rotatable bonds is 4. The van der Waals surface area contributed by atoms with Gasteiger partial charge in [-0.15, -0.1) is 11.8 Å². The highest BCUT2D eigenvalue weighted by molar-refractivity contribution is 7.99. The molecule has 0 bridgehead atoms. The van der Waals surface area contributed by atoms with Gasteiger partial charge in [-0.2, -0.15) is 0 Å². The van der Waals surface area contributed by atoms with E-state index in [-0.39, 0.29) is 5.91 Å². The van der Waals surface area contributed by atoms with Crippen LogP contribution >= 0.6 is 11.8 Å². The molecule has 0 unspecified atom stereocenters. The first kappa shape index (κ1) is 14.4. The summed E-state index contributed by atoms with van der Waals surface area (Å²) in [6, 6.07) is 8.84. The van der Waals surface area contributed by atoms with Gasteiger partial charge < -0.3 is 10.2 Å². The Hall–Kier alpha value is -1.00. The molecule has 104 valence electrons. The third kappa shape index (κ3) is 4.25. The monoisotopic (exact) mass is 278 g/mol. The number of carbonyl (C=O) groups is 1. The van der Waals surface area contributed by atoms with Crippen molar-refractivity contribution in [1.82, 2.24) is 10.2 Å². The maximum atomic E-state index is 12.1. The Labute approximate surface area is 119 Å². The van der Waals surface area contributed by atoms with E-state index in [2.05, 4.69) is 43.4 Å². The van der Waals surface area contributed by atoms with Crippen LogP contribution in [0.3, 0.4) is 0 Å². The Balaban J connectivity index is 1.75. The average molecular weight is 278 g/mol. The summed E-state index contributed by atoms with van der Waals surface area (Å²) in [6.07, 6.45) is 0. The van der Waals surface area contributed by atoms with Crippen molar-refractivity contribution in [2.75, 3.05) is 25.4 Å². The summed E-state index contributed by atoms with van der Waals surface area (Å²) in [6.45, 7) is 6.86. The number of carbonyl (C=O) groups excluding carboxylic acids is 1. The van der Waals surface area contributed by atoms with Crippen LogP contribution in [0.4, 0.5) is 0 Å². The highest BCUT2D eigenvalue weighted by Crippen LogP contribution is 2.14. The molecule has 1 aromatic carbocycles. The molecular weight excluding hydrogens is 256 g/mol. The van der Waals surface area contributed by atoms with Crippen LogP contribution in [0.5, 0.6) is 0 Å². The van der Waals surface area contributed by atoms with Crippen molar-refractivity contribution in [2.24, 2.45) is 0 Å². The number of hydrogen-bond donors (Lipinski definition) is 1. The number of benzene rings is 1. The molecule has 3 nitrogen and oxygen atoms in total. The smallest absolute Gasteiger partial charge is 0.232 e. The van der Waals surface area contributed by atoms with Crippen molar-refractivity contribution in [3.8, 4) is 0 Å². The molecule has 19 heavy (non-hydrogen) atoms. The van der Waals surface area contributed by atoms with Crippen molar-refractivity contribution in [2.45, 2.75) is 25.6 Å². The van der Waals surface area contributed by atoms with E-state index in [0.29, 0.717) is 11.8 Å². The van der Waals surface area contributed by atoms with E-state index < -0.39 is 0 Å². The van der Waals surface area contributed by atoms with Gasteiger partial charge in [0.25, 0.3) is 0 Å².